The van der Waals surface area contributed by atoms with Gasteiger partial charge in [0.25, 0.3) is 0 Å². The van der Waals surface area contributed by atoms with E-state index in [1.54, 1.807) is 11.8 Å². The number of hydrogen-bond acceptors (Lipinski definition) is 3. The molecular formula is C12H22N2O3. The normalized spacial score (nSPS) is 17.9. The third-order valence-corrected chi connectivity index (χ3v) is 2.94. The van der Waals surface area contributed by atoms with Gasteiger partial charge in [0.1, 0.15) is 0 Å². The second-order valence-corrected chi connectivity index (χ2v) is 5.65. The summed E-state index contributed by atoms with van der Waals surface area (Å²) in [6, 6.07) is -0.122. The first-order chi connectivity index (χ1) is 7.71. The quantitative estimate of drug-likeness (QED) is 0.749. The molecule has 1 fully saturated rings. The number of carboxylic acid groups (broad SMARTS) is 1. The first kappa shape index (κ1) is 14.0. The Morgan fingerprint density at radius 2 is 1.94 bits per heavy atom. The lowest BCUT2D eigenvalue weighted by Crippen LogP contribution is -2.55. The maximum Gasteiger partial charge on any atom is 0.317 e. The Morgan fingerprint density at radius 3 is 2.29 bits per heavy atom. The lowest BCUT2D eigenvalue weighted by atomic mass is 10.0. The summed E-state index contributed by atoms with van der Waals surface area (Å²) in [4.78, 5) is 24.5. The van der Waals surface area contributed by atoms with Crippen LogP contribution in [0.4, 0.5) is 0 Å². The first-order valence-electron chi connectivity index (χ1n) is 6.00. The van der Waals surface area contributed by atoms with E-state index < -0.39 is 12.0 Å². The van der Waals surface area contributed by atoms with E-state index in [4.69, 9.17) is 5.11 Å². The fourth-order valence-electron chi connectivity index (χ4n) is 1.79. The molecule has 0 heterocycles. The average molecular weight is 242 g/mol. The van der Waals surface area contributed by atoms with E-state index in [-0.39, 0.29) is 18.0 Å². The maximum atomic E-state index is 11.9. The Balaban J connectivity index is 2.66. The summed E-state index contributed by atoms with van der Waals surface area (Å²) < 4.78 is 0. The van der Waals surface area contributed by atoms with Crippen LogP contribution >= 0.6 is 0 Å². The average Bonchev–Trinajstić information content (AvgIpc) is 2.94. The Morgan fingerprint density at radius 1 is 1.41 bits per heavy atom. The highest BCUT2D eigenvalue weighted by molar-refractivity contribution is 5.82. The summed E-state index contributed by atoms with van der Waals surface area (Å²) in [5.74, 6) is -0.991. The standard InChI is InChI=1S/C12H22N2O3/c1-8(11(17)13-9-5-6-9)14(7-10(15)16)12(2,3)4/h8-9H,5-7H2,1-4H3,(H,13,17)(H,15,16). The minimum Gasteiger partial charge on any atom is -0.480 e. The molecule has 0 spiro atoms. The molecule has 0 bridgehead atoms. The molecule has 1 atom stereocenters. The summed E-state index contributed by atoms with van der Waals surface area (Å²) >= 11 is 0. The number of aliphatic carboxylic acids is 1. The van der Waals surface area contributed by atoms with Crippen LogP contribution < -0.4 is 5.32 Å². The predicted octanol–water partition coefficient (Wildman–Crippen LogP) is 0.839. The second kappa shape index (κ2) is 5.04. The van der Waals surface area contributed by atoms with Crippen LogP contribution in [-0.4, -0.2) is 46.1 Å². The molecule has 0 aromatic rings. The highest BCUT2D eigenvalue weighted by Gasteiger charge is 2.34. The predicted molar refractivity (Wildman–Crippen MR) is 64.7 cm³/mol. The van der Waals surface area contributed by atoms with Crippen LogP contribution in [0.2, 0.25) is 0 Å². The van der Waals surface area contributed by atoms with Crippen LogP contribution in [0, 0.1) is 0 Å². The van der Waals surface area contributed by atoms with Crippen molar-refractivity contribution in [3.05, 3.63) is 0 Å². The first-order valence-corrected chi connectivity index (χ1v) is 6.00. The molecular weight excluding hydrogens is 220 g/mol. The van der Waals surface area contributed by atoms with E-state index in [1.165, 1.54) is 0 Å². The van der Waals surface area contributed by atoms with Gasteiger partial charge in [-0.25, -0.2) is 0 Å². The molecule has 1 aliphatic carbocycles. The van der Waals surface area contributed by atoms with Gasteiger partial charge in [0.05, 0.1) is 12.6 Å². The third kappa shape index (κ3) is 4.34. The third-order valence-electron chi connectivity index (χ3n) is 2.94. The van der Waals surface area contributed by atoms with Crippen molar-refractivity contribution in [2.45, 2.75) is 58.2 Å². The Hall–Kier alpha value is -1.10. The van der Waals surface area contributed by atoms with Crippen molar-refractivity contribution in [3.63, 3.8) is 0 Å². The van der Waals surface area contributed by atoms with Crippen LogP contribution in [0.15, 0.2) is 0 Å². The fourth-order valence-corrected chi connectivity index (χ4v) is 1.79. The van der Waals surface area contributed by atoms with Crippen molar-refractivity contribution in [1.82, 2.24) is 10.2 Å². The molecule has 98 valence electrons. The van der Waals surface area contributed by atoms with Gasteiger partial charge in [-0.05, 0) is 40.5 Å². The van der Waals surface area contributed by atoms with Gasteiger partial charge >= 0.3 is 5.97 Å². The van der Waals surface area contributed by atoms with E-state index >= 15 is 0 Å². The number of amides is 1. The van der Waals surface area contributed by atoms with Crippen molar-refractivity contribution >= 4 is 11.9 Å². The second-order valence-electron chi connectivity index (χ2n) is 5.65. The zero-order valence-corrected chi connectivity index (χ0v) is 11.0. The van der Waals surface area contributed by atoms with Gasteiger partial charge in [-0.15, -0.1) is 0 Å². The topological polar surface area (TPSA) is 69.6 Å². The number of nitrogens with one attached hydrogen (secondary N) is 1. The fraction of sp³-hybridized carbons (Fsp3) is 0.833. The van der Waals surface area contributed by atoms with Crippen LogP contribution in [0.3, 0.4) is 0 Å². The van der Waals surface area contributed by atoms with Gasteiger partial charge in [0, 0.05) is 11.6 Å². The minimum atomic E-state index is -0.911. The molecule has 1 saturated carbocycles. The van der Waals surface area contributed by atoms with E-state index in [9.17, 15) is 9.59 Å². The molecule has 0 radical (unpaired) electrons. The van der Waals surface area contributed by atoms with Gasteiger partial charge in [-0.1, -0.05) is 0 Å². The lowest BCUT2D eigenvalue weighted by Gasteiger charge is -2.38. The number of rotatable bonds is 5. The van der Waals surface area contributed by atoms with Crippen LogP contribution in [0.1, 0.15) is 40.5 Å². The molecule has 1 rings (SSSR count). The monoisotopic (exact) mass is 242 g/mol. The highest BCUT2D eigenvalue weighted by Crippen LogP contribution is 2.21. The largest absolute Gasteiger partial charge is 0.480 e. The van der Waals surface area contributed by atoms with E-state index in [0.29, 0.717) is 6.04 Å². The maximum absolute atomic E-state index is 11.9. The number of carboxylic acids is 1. The van der Waals surface area contributed by atoms with Crippen LogP contribution in [-0.2, 0) is 9.59 Å². The smallest absolute Gasteiger partial charge is 0.317 e. The molecule has 1 aliphatic rings. The molecule has 0 saturated heterocycles. The lowest BCUT2D eigenvalue weighted by molar-refractivity contribution is -0.142. The Labute approximate surface area is 102 Å². The molecule has 5 heteroatoms. The molecule has 5 nitrogen and oxygen atoms in total. The van der Waals surface area contributed by atoms with E-state index in [0.717, 1.165) is 12.8 Å². The number of nitrogens with zero attached hydrogens (tertiary/aromatic N) is 1. The zero-order chi connectivity index (χ0) is 13.2. The van der Waals surface area contributed by atoms with Gasteiger partial charge in [-0.3, -0.25) is 14.5 Å². The van der Waals surface area contributed by atoms with Crippen molar-refractivity contribution < 1.29 is 14.7 Å². The summed E-state index contributed by atoms with van der Waals surface area (Å²) in [7, 11) is 0. The van der Waals surface area contributed by atoms with Gasteiger partial charge < -0.3 is 10.4 Å². The number of carbonyl (C=O) groups is 2. The van der Waals surface area contributed by atoms with Crippen molar-refractivity contribution in [1.29, 1.82) is 0 Å². The van der Waals surface area contributed by atoms with Crippen molar-refractivity contribution in [2.75, 3.05) is 6.54 Å². The van der Waals surface area contributed by atoms with Gasteiger partial charge in [0.2, 0.25) is 5.91 Å². The molecule has 1 unspecified atom stereocenters. The molecule has 0 aromatic heterocycles. The van der Waals surface area contributed by atoms with Crippen LogP contribution in [0.5, 0.6) is 0 Å². The minimum absolute atomic E-state index is 0.0799. The molecule has 0 aromatic carbocycles. The highest BCUT2D eigenvalue weighted by atomic mass is 16.4. The van der Waals surface area contributed by atoms with E-state index in [1.807, 2.05) is 20.8 Å². The summed E-state index contributed by atoms with van der Waals surface area (Å²) in [6.07, 6.45) is 2.07. The molecule has 0 aliphatic heterocycles. The summed E-state index contributed by atoms with van der Waals surface area (Å²) in [6.45, 7) is 7.37. The van der Waals surface area contributed by atoms with Gasteiger partial charge in [-0.2, -0.15) is 0 Å². The Bertz CT molecular complexity index is 305. The summed E-state index contributed by atoms with van der Waals surface area (Å²) in [5.41, 5.74) is -0.349. The van der Waals surface area contributed by atoms with Crippen molar-refractivity contribution in [2.24, 2.45) is 0 Å². The molecule has 1 amide bonds. The number of hydrogen-bond donors (Lipinski definition) is 2. The van der Waals surface area contributed by atoms with E-state index in [2.05, 4.69) is 5.32 Å². The van der Waals surface area contributed by atoms with Gasteiger partial charge in [0.15, 0.2) is 0 Å². The Kier molecular flexibility index (Phi) is 4.14. The number of carbonyl (C=O) groups excluding carboxylic acids is 1. The molecule has 2 N–H and O–H groups in total. The zero-order valence-electron chi connectivity index (χ0n) is 11.0. The van der Waals surface area contributed by atoms with Crippen molar-refractivity contribution in [3.8, 4) is 0 Å². The SMILES string of the molecule is CC(C(=O)NC1CC1)N(CC(=O)O)C(C)(C)C. The molecule has 17 heavy (non-hydrogen) atoms. The van der Waals surface area contributed by atoms with Crippen LogP contribution in [0.25, 0.3) is 0 Å². The summed E-state index contributed by atoms with van der Waals surface area (Å²) in [5, 5.41) is 11.8.